The van der Waals surface area contributed by atoms with Crippen LogP contribution in [-0.4, -0.2) is 25.1 Å². The second kappa shape index (κ2) is 6.57. The van der Waals surface area contributed by atoms with E-state index in [2.05, 4.69) is 20.2 Å². The van der Waals surface area contributed by atoms with Gasteiger partial charge in [-0.2, -0.15) is 0 Å². The van der Waals surface area contributed by atoms with Crippen molar-refractivity contribution >= 4 is 33.5 Å². The van der Waals surface area contributed by atoms with Gasteiger partial charge in [0.1, 0.15) is 0 Å². The van der Waals surface area contributed by atoms with E-state index in [0.29, 0.717) is 28.1 Å². The lowest BCUT2D eigenvalue weighted by Crippen LogP contribution is -1.97. The van der Waals surface area contributed by atoms with Gasteiger partial charge >= 0.3 is 0 Å². The highest BCUT2D eigenvalue weighted by atomic mass is 35.5. The molecule has 2 aliphatic rings. The third kappa shape index (κ3) is 2.69. The van der Waals surface area contributed by atoms with Crippen molar-refractivity contribution in [3.63, 3.8) is 0 Å². The molecule has 0 aliphatic carbocycles. The number of hydrogen-bond donors (Lipinski definition) is 0. The van der Waals surface area contributed by atoms with Crippen LogP contribution in [0.5, 0.6) is 0 Å². The second-order valence-electron chi connectivity index (χ2n) is 6.83. The summed E-state index contributed by atoms with van der Waals surface area (Å²) in [5.41, 5.74) is 4.37. The van der Waals surface area contributed by atoms with Crippen LogP contribution in [0.3, 0.4) is 0 Å². The average Bonchev–Trinajstić information content (AvgIpc) is 3.16. The lowest BCUT2D eigenvalue weighted by molar-refractivity contribution is 0.531. The fourth-order valence-electron chi connectivity index (χ4n) is 3.54. The van der Waals surface area contributed by atoms with Crippen molar-refractivity contribution in [3.8, 4) is 34.3 Å². The summed E-state index contributed by atoms with van der Waals surface area (Å²) in [6.07, 6.45) is 1.73. The van der Waals surface area contributed by atoms with Crippen LogP contribution in [0.1, 0.15) is 0 Å². The SMILES string of the molecule is Clc1ccc2nc3oc(-c4cc5cccnc5nc4-c4ccccc4)nnc-3c2c1. The van der Waals surface area contributed by atoms with Gasteiger partial charge in [-0.25, -0.2) is 15.0 Å². The number of halogens is 1. The van der Waals surface area contributed by atoms with Crippen LogP contribution in [0.2, 0.25) is 5.02 Å². The maximum absolute atomic E-state index is 6.13. The minimum Gasteiger partial charge on any atom is -0.416 e. The summed E-state index contributed by atoms with van der Waals surface area (Å²) in [6.45, 7) is 0. The second-order valence-corrected chi connectivity index (χ2v) is 7.27. The number of rotatable bonds is 2. The predicted octanol–water partition coefficient (Wildman–Crippen LogP) is 5.65. The molecule has 6 rings (SSSR count). The van der Waals surface area contributed by atoms with Crippen LogP contribution >= 0.6 is 11.6 Å². The molecule has 0 unspecified atom stereocenters. The summed E-state index contributed by atoms with van der Waals surface area (Å²) in [7, 11) is 0. The monoisotopic (exact) mass is 409 g/mol. The third-order valence-electron chi connectivity index (χ3n) is 4.94. The largest absolute Gasteiger partial charge is 0.416 e. The van der Waals surface area contributed by atoms with E-state index in [1.807, 2.05) is 60.7 Å². The zero-order chi connectivity index (χ0) is 20.1. The Hall–Kier alpha value is -3.90. The molecule has 0 saturated heterocycles. The molecule has 0 amide bonds. The Morgan fingerprint density at radius 3 is 2.57 bits per heavy atom. The van der Waals surface area contributed by atoms with Gasteiger partial charge in [-0.05, 0) is 36.4 Å². The maximum atomic E-state index is 6.13. The average molecular weight is 410 g/mol. The van der Waals surface area contributed by atoms with E-state index in [1.54, 1.807) is 12.3 Å². The lowest BCUT2D eigenvalue weighted by Gasteiger charge is -2.09. The van der Waals surface area contributed by atoms with Gasteiger partial charge in [0.2, 0.25) is 5.89 Å². The molecule has 4 heterocycles. The molecule has 2 aliphatic heterocycles. The van der Waals surface area contributed by atoms with Crippen LogP contribution in [0.25, 0.3) is 56.2 Å². The summed E-state index contributed by atoms with van der Waals surface area (Å²) < 4.78 is 6.10. The summed E-state index contributed by atoms with van der Waals surface area (Å²) in [5, 5.41) is 11.1. The fourth-order valence-corrected chi connectivity index (χ4v) is 3.71. The molecule has 0 N–H and O–H groups in total. The zero-order valence-corrected chi connectivity index (χ0v) is 16.2. The molecule has 6 nitrogen and oxygen atoms in total. The summed E-state index contributed by atoms with van der Waals surface area (Å²) in [6, 6.07) is 21.1. The van der Waals surface area contributed by atoms with Crippen LogP contribution in [0.15, 0.2) is 77.3 Å². The molecular formula is C23H12ClN5O. The first kappa shape index (κ1) is 17.0. The van der Waals surface area contributed by atoms with Gasteiger partial charge in [0.25, 0.3) is 5.89 Å². The molecule has 2 aromatic carbocycles. The van der Waals surface area contributed by atoms with Gasteiger partial charge < -0.3 is 4.42 Å². The Labute approximate surface area is 175 Å². The smallest absolute Gasteiger partial charge is 0.250 e. The van der Waals surface area contributed by atoms with Gasteiger partial charge in [-0.3, -0.25) is 0 Å². The third-order valence-corrected chi connectivity index (χ3v) is 5.17. The quantitative estimate of drug-likeness (QED) is 0.367. The maximum Gasteiger partial charge on any atom is 0.250 e. The normalized spacial score (nSPS) is 11.5. The van der Waals surface area contributed by atoms with Gasteiger partial charge in [-0.15, -0.1) is 10.2 Å². The highest BCUT2D eigenvalue weighted by molar-refractivity contribution is 6.31. The van der Waals surface area contributed by atoms with E-state index < -0.39 is 0 Å². The van der Waals surface area contributed by atoms with Crippen molar-refractivity contribution in [1.29, 1.82) is 0 Å². The van der Waals surface area contributed by atoms with E-state index in [9.17, 15) is 0 Å². The number of benzene rings is 2. The van der Waals surface area contributed by atoms with Gasteiger partial charge in [0.05, 0.1) is 16.8 Å². The van der Waals surface area contributed by atoms with Gasteiger partial charge in [-0.1, -0.05) is 41.9 Å². The number of pyridine rings is 2. The van der Waals surface area contributed by atoms with Crippen molar-refractivity contribution in [2.24, 2.45) is 0 Å². The van der Waals surface area contributed by atoms with Gasteiger partial charge in [0.15, 0.2) is 11.3 Å². The summed E-state index contributed by atoms with van der Waals surface area (Å²) in [5.74, 6) is 0.746. The first-order valence-electron chi connectivity index (χ1n) is 9.30. The number of fused-ring (bicyclic) bond motifs is 4. The highest BCUT2D eigenvalue weighted by Crippen LogP contribution is 2.36. The van der Waals surface area contributed by atoms with Crippen LogP contribution < -0.4 is 0 Å². The first-order chi connectivity index (χ1) is 14.8. The Bertz CT molecular complexity index is 1510. The van der Waals surface area contributed by atoms with Crippen molar-refractivity contribution in [1.82, 2.24) is 25.1 Å². The fraction of sp³-hybridized carbons (Fsp3) is 0. The molecule has 142 valence electrons. The summed E-state index contributed by atoms with van der Waals surface area (Å²) >= 11 is 6.13. The molecule has 2 aromatic heterocycles. The van der Waals surface area contributed by atoms with E-state index in [0.717, 1.165) is 33.1 Å². The summed E-state index contributed by atoms with van der Waals surface area (Å²) in [4.78, 5) is 13.7. The van der Waals surface area contributed by atoms with Crippen molar-refractivity contribution in [3.05, 3.63) is 77.9 Å². The lowest BCUT2D eigenvalue weighted by atomic mass is 10.0. The van der Waals surface area contributed by atoms with E-state index in [4.69, 9.17) is 21.0 Å². The molecule has 0 fully saturated rings. The Morgan fingerprint density at radius 2 is 1.67 bits per heavy atom. The van der Waals surface area contributed by atoms with E-state index in [-0.39, 0.29) is 0 Å². The standard InChI is InChI=1S/C23H12ClN5O/c24-15-8-9-18-16(12-15)20-23(26-18)30-22(29-28-20)17-11-14-7-4-10-25-21(14)27-19(17)13-5-2-1-3-6-13/h1-12H. The minimum atomic E-state index is 0.341. The molecule has 0 radical (unpaired) electrons. The molecule has 7 heteroatoms. The highest BCUT2D eigenvalue weighted by Gasteiger charge is 2.21. The van der Waals surface area contributed by atoms with Crippen LogP contribution in [-0.2, 0) is 0 Å². The van der Waals surface area contributed by atoms with Crippen LogP contribution in [0, 0.1) is 0 Å². The van der Waals surface area contributed by atoms with E-state index in [1.165, 1.54) is 0 Å². The molecule has 0 atom stereocenters. The van der Waals surface area contributed by atoms with Crippen LogP contribution in [0.4, 0.5) is 0 Å². The predicted molar refractivity (Wildman–Crippen MR) is 115 cm³/mol. The molecule has 0 bridgehead atoms. The molecule has 0 spiro atoms. The number of nitrogens with zero attached hydrogens (tertiary/aromatic N) is 5. The Kier molecular flexibility index (Phi) is 3.72. The molecule has 30 heavy (non-hydrogen) atoms. The molecule has 4 aromatic rings. The van der Waals surface area contributed by atoms with Crippen molar-refractivity contribution < 1.29 is 4.42 Å². The Balaban J connectivity index is 1.63. The molecular weight excluding hydrogens is 398 g/mol. The topological polar surface area (TPSA) is 77.6 Å². The van der Waals surface area contributed by atoms with E-state index >= 15 is 0 Å². The number of hydrogen-bond acceptors (Lipinski definition) is 6. The first-order valence-corrected chi connectivity index (χ1v) is 9.68. The minimum absolute atomic E-state index is 0.341. The number of aromatic nitrogens is 5. The van der Waals surface area contributed by atoms with Crippen molar-refractivity contribution in [2.75, 3.05) is 0 Å². The Morgan fingerprint density at radius 1 is 0.767 bits per heavy atom. The van der Waals surface area contributed by atoms with Crippen molar-refractivity contribution in [2.45, 2.75) is 0 Å². The molecule has 0 saturated carbocycles. The van der Waals surface area contributed by atoms with Gasteiger partial charge in [0, 0.05) is 27.6 Å². The zero-order valence-electron chi connectivity index (χ0n) is 15.5.